The Labute approximate surface area is 147 Å². The first kappa shape index (κ1) is 15.9. The molecule has 0 saturated heterocycles. The second-order valence-electron chi connectivity index (χ2n) is 6.79. The van der Waals surface area contributed by atoms with Crippen LogP contribution in [0.4, 0.5) is 0 Å². The number of carbonyl (C=O) groups excluding carboxylic acids is 2. The zero-order valence-corrected chi connectivity index (χ0v) is 14.0. The van der Waals surface area contributed by atoms with Crippen molar-refractivity contribution in [1.82, 2.24) is 5.32 Å². The quantitative estimate of drug-likeness (QED) is 0.877. The number of esters is 1. The van der Waals surface area contributed by atoms with Crippen molar-refractivity contribution in [3.63, 3.8) is 0 Å². The average molecular weight is 335 g/mol. The van der Waals surface area contributed by atoms with Crippen LogP contribution in [-0.4, -0.2) is 24.5 Å². The second kappa shape index (κ2) is 6.71. The molecular weight excluding hydrogens is 314 g/mol. The molecule has 1 N–H and O–H groups in total. The van der Waals surface area contributed by atoms with E-state index in [-0.39, 0.29) is 5.91 Å². The zero-order valence-electron chi connectivity index (χ0n) is 14.0. The fourth-order valence-corrected chi connectivity index (χ4v) is 3.88. The lowest BCUT2D eigenvalue weighted by Crippen LogP contribution is -2.43. The van der Waals surface area contributed by atoms with E-state index in [9.17, 15) is 9.59 Å². The second-order valence-corrected chi connectivity index (χ2v) is 6.79. The van der Waals surface area contributed by atoms with E-state index < -0.39 is 12.1 Å². The van der Waals surface area contributed by atoms with Gasteiger partial charge in [-0.05, 0) is 42.0 Å². The van der Waals surface area contributed by atoms with Gasteiger partial charge in [0.2, 0.25) is 0 Å². The predicted molar refractivity (Wildman–Crippen MR) is 94.5 cm³/mol. The van der Waals surface area contributed by atoms with E-state index in [1.807, 2.05) is 12.1 Å². The Morgan fingerprint density at radius 2 is 1.84 bits per heavy atom. The van der Waals surface area contributed by atoms with Crippen LogP contribution in [0.3, 0.4) is 0 Å². The van der Waals surface area contributed by atoms with Crippen LogP contribution in [0.2, 0.25) is 0 Å². The number of hydrogen-bond donors (Lipinski definition) is 1. The molecule has 0 spiro atoms. The fraction of sp³-hybridized carbons (Fsp3) is 0.333. The summed E-state index contributed by atoms with van der Waals surface area (Å²) in [5.41, 5.74) is 4.15. The minimum absolute atomic E-state index is 0.203. The number of nitrogens with one attached hydrogen (secondary N) is 1. The van der Waals surface area contributed by atoms with E-state index in [1.165, 1.54) is 11.1 Å². The fourth-order valence-electron chi connectivity index (χ4n) is 3.88. The lowest BCUT2D eigenvalue weighted by molar-refractivity contribution is -0.130. The number of rotatable bonds is 3. The maximum atomic E-state index is 12.5. The van der Waals surface area contributed by atoms with Crippen molar-refractivity contribution in [2.45, 2.75) is 37.7 Å². The van der Waals surface area contributed by atoms with Gasteiger partial charge in [-0.1, -0.05) is 42.5 Å². The van der Waals surface area contributed by atoms with Gasteiger partial charge in [-0.25, -0.2) is 4.79 Å². The number of hydrogen-bond acceptors (Lipinski definition) is 3. The van der Waals surface area contributed by atoms with Crippen molar-refractivity contribution in [1.29, 1.82) is 0 Å². The monoisotopic (exact) mass is 335 g/mol. The number of fused-ring (bicyclic) bond motifs is 2. The highest BCUT2D eigenvalue weighted by Crippen LogP contribution is 2.31. The van der Waals surface area contributed by atoms with Crippen molar-refractivity contribution >= 4 is 11.9 Å². The lowest BCUT2D eigenvalue weighted by Gasteiger charge is -2.27. The molecule has 0 radical (unpaired) electrons. The van der Waals surface area contributed by atoms with E-state index >= 15 is 0 Å². The molecule has 25 heavy (non-hydrogen) atoms. The van der Waals surface area contributed by atoms with E-state index in [4.69, 9.17) is 4.74 Å². The number of benzene rings is 2. The molecule has 1 amide bonds. The molecule has 0 fully saturated rings. The summed E-state index contributed by atoms with van der Waals surface area (Å²) < 4.78 is 5.33. The Bertz CT molecular complexity index is 814. The normalized spacial score (nSPS) is 21.7. The summed E-state index contributed by atoms with van der Waals surface area (Å²) in [4.78, 5) is 24.6. The maximum absolute atomic E-state index is 12.5. The highest BCUT2D eigenvalue weighted by atomic mass is 16.5. The summed E-state index contributed by atoms with van der Waals surface area (Å²) in [5.74, 6) is -0.281. The molecule has 1 aliphatic carbocycles. The molecule has 4 rings (SSSR count). The summed E-state index contributed by atoms with van der Waals surface area (Å²) >= 11 is 0. The standard InChI is InChI=1S/C21H21NO3/c23-20(19-12-15-7-2-4-11-18(15)21(24)25-19)22-13-16-9-5-8-14-6-1-3-10-17(14)16/h1-4,6-7,10-11,16,19H,5,8-9,12-13H2,(H,22,23)/t16-,19-/m1/s1. The molecule has 1 heterocycles. The maximum Gasteiger partial charge on any atom is 0.339 e. The van der Waals surface area contributed by atoms with Gasteiger partial charge >= 0.3 is 5.97 Å². The van der Waals surface area contributed by atoms with Crippen LogP contribution >= 0.6 is 0 Å². The Kier molecular flexibility index (Phi) is 4.26. The molecule has 2 aromatic rings. The lowest BCUT2D eigenvalue weighted by atomic mass is 9.83. The van der Waals surface area contributed by atoms with Crippen molar-refractivity contribution in [2.24, 2.45) is 0 Å². The number of cyclic esters (lactones) is 1. The Hall–Kier alpha value is -2.62. The summed E-state index contributed by atoms with van der Waals surface area (Å²) in [6, 6.07) is 15.8. The Morgan fingerprint density at radius 1 is 1.08 bits per heavy atom. The molecular formula is C21H21NO3. The first-order valence-electron chi connectivity index (χ1n) is 8.87. The van der Waals surface area contributed by atoms with Crippen LogP contribution in [0.15, 0.2) is 48.5 Å². The predicted octanol–water partition coefficient (Wildman–Crippen LogP) is 3.00. The van der Waals surface area contributed by atoms with Gasteiger partial charge in [0.05, 0.1) is 5.56 Å². The molecule has 2 aromatic carbocycles. The molecule has 1 aliphatic heterocycles. The van der Waals surface area contributed by atoms with Crippen LogP contribution in [0, 0.1) is 0 Å². The molecule has 4 nitrogen and oxygen atoms in total. The first-order valence-corrected chi connectivity index (χ1v) is 8.87. The van der Waals surface area contributed by atoms with Gasteiger partial charge in [0, 0.05) is 18.9 Å². The number of amides is 1. The largest absolute Gasteiger partial charge is 0.448 e. The van der Waals surface area contributed by atoms with Crippen molar-refractivity contribution in [3.05, 3.63) is 70.8 Å². The number of carbonyl (C=O) groups is 2. The van der Waals surface area contributed by atoms with Gasteiger partial charge in [-0.3, -0.25) is 4.79 Å². The topological polar surface area (TPSA) is 55.4 Å². The van der Waals surface area contributed by atoms with E-state index in [1.54, 1.807) is 12.1 Å². The van der Waals surface area contributed by atoms with Crippen LogP contribution < -0.4 is 5.32 Å². The zero-order chi connectivity index (χ0) is 17.2. The SMILES string of the molecule is O=C1O[C@@H](C(=O)NC[C@H]2CCCc3ccccc32)Cc2ccccc21. The van der Waals surface area contributed by atoms with E-state index in [2.05, 4.69) is 29.6 Å². The van der Waals surface area contributed by atoms with E-state index in [0.717, 1.165) is 24.8 Å². The summed E-state index contributed by atoms with van der Waals surface area (Å²) in [7, 11) is 0. The summed E-state index contributed by atoms with van der Waals surface area (Å²) in [5, 5.41) is 3.00. The average Bonchev–Trinajstić information content (AvgIpc) is 2.66. The van der Waals surface area contributed by atoms with Gasteiger partial charge in [-0.15, -0.1) is 0 Å². The minimum Gasteiger partial charge on any atom is -0.448 e. The van der Waals surface area contributed by atoms with Crippen molar-refractivity contribution < 1.29 is 14.3 Å². The summed E-state index contributed by atoms with van der Waals surface area (Å²) in [6.07, 6.45) is 3.03. The molecule has 2 aliphatic rings. The van der Waals surface area contributed by atoms with Gasteiger partial charge in [0.1, 0.15) is 0 Å². The number of aryl methyl sites for hydroxylation is 1. The molecule has 0 bridgehead atoms. The smallest absolute Gasteiger partial charge is 0.339 e. The third kappa shape index (κ3) is 3.16. The highest BCUT2D eigenvalue weighted by molar-refractivity contribution is 5.95. The van der Waals surface area contributed by atoms with Crippen molar-refractivity contribution in [3.8, 4) is 0 Å². The number of ether oxygens (including phenoxy) is 1. The van der Waals surface area contributed by atoms with Gasteiger partial charge in [0.15, 0.2) is 6.10 Å². The highest BCUT2D eigenvalue weighted by Gasteiger charge is 2.31. The van der Waals surface area contributed by atoms with Gasteiger partial charge in [-0.2, -0.15) is 0 Å². The molecule has 128 valence electrons. The minimum atomic E-state index is -0.735. The Balaban J connectivity index is 1.42. The van der Waals surface area contributed by atoms with Crippen LogP contribution in [0.1, 0.15) is 45.8 Å². The van der Waals surface area contributed by atoms with E-state index in [0.29, 0.717) is 24.4 Å². The summed E-state index contributed by atoms with van der Waals surface area (Å²) in [6.45, 7) is 0.589. The third-order valence-electron chi connectivity index (χ3n) is 5.20. The molecule has 0 aromatic heterocycles. The molecule has 4 heteroatoms. The van der Waals surface area contributed by atoms with Crippen LogP contribution in [0.25, 0.3) is 0 Å². The first-order chi connectivity index (χ1) is 12.2. The molecule has 2 atom stereocenters. The van der Waals surface area contributed by atoms with Gasteiger partial charge < -0.3 is 10.1 Å². The Morgan fingerprint density at radius 3 is 2.72 bits per heavy atom. The van der Waals surface area contributed by atoms with Crippen molar-refractivity contribution in [2.75, 3.05) is 6.54 Å². The van der Waals surface area contributed by atoms with Crippen LogP contribution in [0.5, 0.6) is 0 Å². The molecule has 0 unspecified atom stereocenters. The van der Waals surface area contributed by atoms with Crippen LogP contribution in [-0.2, 0) is 22.4 Å². The molecule has 0 saturated carbocycles. The third-order valence-corrected chi connectivity index (χ3v) is 5.20. The van der Waals surface area contributed by atoms with Gasteiger partial charge in [0.25, 0.3) is 5.91 Å².